The standard InChI is InChI=1S/C12H17NO6S/c14-8-2-7-13(9-3-1-4-9)20(17,18)11-6-5-10(19-11)12(15)16/h5-6,9,14H,1-4,7-8H2,(H,15,16). The monoisotopic (exact) mass is 303 g/mol. The lowest BCUT2D eigenvalue weighted by Crippen LogP contribution is -2.44. The molecule has 1 saturated carbocycles. The minimum atomic E-state index is -3.85. The van der Waals surface area contributed by atoms with E-state index in [1.54, 1.807) is 0 Å². The molecule has 0 aromatic carbocycles. The Bertz CT molecular complexity index is 575. The van der Waals surface area contributed by atoms with Gasteiger partial charge in [0, 0.05) is 19.2 Å². The Morgan fingerprint density at radius 3 is 2.55 bits per heavy atom. The number of aromatic carboxylic acids is 1. The molecule has 20 heavy (non-hydrogen) atoms. The number of aliphatic hydroxyl groups is 1. The van der Waals surface area contributed by atoms with Crippen molar-refractivity contribution in [3.8, 4) is 0 Å². The molecule has 1 aromatic heterocycles. The van der Waals surface area contributed by atoms with Gasteiger partial charge in [-0.3, -0.25) is 0 Å². The normalized spacial score (nSPS) is 16.3. The number of nitrogens with zero attached hydrogens (tertiary/aromatic N) is 1. The Balaban J connectivity index is 2.26. The molecule has 7 nitrogen and oxygen atoms in total. The van der Waals surface area contributed by atoms with E-state index >= 15 is 0 Å². The number of rotatable bonds is 7. The first-order valence-corrected chi connectivity index (χ1v) is 7.86. The quantitative estimate of drug-likeness (QED) is 0.775. The zero-order valence-corrected chi connectivity index (χ0v) is 11.7. The number of carboxylic acids is 1. The molecule has 0 aliphatic heterocycles. The summed E-state index contributed by atoms with van der Waals surface area (Å²) in [5, 5.41) is 17.3. The number of carbonyl (C=O) groups is 1. The van der Waals surface area contributed by atoms with Crippen molar-refractivity contribution >= 4 is 16.0 Å². The van der Waals surface area contributed by atoms with E-state index in [1.807, 2.05) is 0 Å². The summed E-state index contributed by atoms with van der Waals surface area (Å²) in [5.74, 6) is -1.71. The molecule has 1 aliphatic carbocycles. The van der Waals surface area contributed by atoms with E-state index < -0.39 is 21.8 Å². The maximum atomic E-state index is 12.5. The van der Waals surface area contributed by atoms with E-state index in [0.717, 1.165) is 31.4 Å². The van der Waals surface area contributed by atoms with Crippen LogP contribution in [0.15, 0.2) is 21.6 Å². The Morgan fingerprint density at radius 1 is 1.40 bits per heavy atom. The molecular formula is C12H17NO6S. The fourth-order valence-electron chi connectivity index (χ4n) is 2.09. The van der Waals surface area contributed by atoms with Gasteiger partial charge in [-0.1, -0.05) is 6.42 Å². The number of hydrogen-bond acceptors (Lipinski definition) is 5. The van der Waals surface area contributed by atoms with Gasteiger partial charge in [0.25, 0.3) is 10.0 Å². The highest BCUT2D eigenvalue weighted by molar-refractivity contribution is 7.89. The third kappa shape index (κ3) is 2.87. The zero-order chi connectivity index (χ0) is 14.8. The van der Waals surface area contributed by atoms with E-state index in [2.05, 4.69) is 0 Å². The van der Waals surface area contributed by atoms with Crippen molar-refractivity contribution in [1.29, 1.82) is 0 Å². The van der Waals surface area contributed by atoms with Crippen molar-refractivity contribution < 1.29 is 27.8 Å². The van der Waals surface area contributed by atoms with E-state index in [0.29, 0.717) is 6.42 Å². The minimum Gasteiger partial charge on any atom is -0.475 e. The lowest BCUT2D eigenvalue weighted by Gasteiger charge is -2.35. The zero-order valence-electron chi connectivity index (χ0n) is 10.9. The SMILES string of the molecule is O=C(O)c1ccc(S(=O)(=O)N(CCCO)C2CCC2)o1. The van der Waals surface area contributed by atoms with Crippen molar-refractivity contribution in [2.24, 2.45) is 0 Å². The molecule has 0 radical (unpaired) electrons. The summed E-state index contributed by atoms with van der Waals surface area (Å²) in [4.78, 5) is 10.7. The van der Waals surface area contributed by atoms with Gasteiger partial charge in [-0.2, -0.15) is 4.31 Å². The predicted molar refractivity (Wildman–Crippen MR) is 68.9 cm³/mol. The minimum absolute atomic E-state index is 0.0927. The maximum absolute atomic E-state index is 12.5. The first kappa shape index (κ1) is 15.0. The van der Waals surface area contributed by atoms with Gasteiger partial charge < -0.3 is 14.6 Å². The molecule has 0 amide bonds. The molecular weight excluding hydrogens is 286 g/mol. The number of sulfonamides is 1. The average molecular weight is 303 g/mol. The van der Waals surface area contributed by atoms with Crippen LogP contribution in [-0.2, 0) is 10.0 Å². The molecule has 1 fully saturated rings. The van der Waals surface area contributed by atoms with Gasteiger partial charge in [0.1, 0.15) is 0 Å². The topological polar surface area (TPSA) is 108 Å². The average Bonchev–Trinajstić information content (AvgIpc) is 2.81. The third-order valence-corrected chi connectivity index (χ3v) is 5.20. The Labute approximate surface area is 116 Å². The van der Waals surface area contributed by atoms with Gasteiger partial charge >= 0.3 is 5.97 Å². The van der Waals surface area contributed by atoms with E-state index in [-0.39, 0.29) is 24.3 Å². The fourth-order valence-corrected chi connectivity index (χ4v) is 3.73. The molecule has 8 heteroatoms. The molecule has 1 heterocycles. The molecule has 112 valence electrons. The second-order valence-electron chi connectivity index (χ2n) is 4.70. The highest BCUT2D eigenvalue weighted by Gasteiger charge is 2.36. The second-order valence-corrected chi connectivity index (χ2v) is 6.52. The highest BCUT2D eigenvalue weighted by Crippen LogP contribution is 2.30. The van der Waals surface area contributed by atoms with Crippen LogP contribution in [0, 0.1) is 0 Å². The van der Waals surface area contributed by atoms with Crippen LogP contribution < -0.4 is 0 Å². The summed E-state index contributed by atoms with van der Waals surface area (Å²) in [6, 6.07) is 2.19. The van der Waals surface area contributed by atoms with Crippen LogP contribution in [0.2, 0.25) is 0 Å². The molecule has 2 N–H and O–H groups in total. The predicted octanol–water partition coefficient (Wildman–Crippen LogP) is 0.903. The van der Waals surface area contributed by atoms with Gasteiger partial charge in [-0.25, -0.2) is 13.2 Å². The molecule has 1 aliphatic rings. The Kier molecular flexibility index (Phi) is 4.46. The van der Waals surface area contributed by atoms with Crippen LogP contribution in [0.1, 0.15) is 36.2 Å². The smallest absolute Gasteiger partial charge is 0.371 e. The molecule has 0 atom stereocenters. The molecule has 0 saturated heterocycles. The van der Waals surface area contributed by atoms with E-state index in [9.17, 15) is 13.2 Å². The van der Waals surface area contributed by atoms with Crippen molar-refractivity contribution in [2.45, 2.75) is 36.8 Å². The lowest BCUT2D eigenvalue weighted by molar-refractivity contribution is 0.0656. The fraction of sp³-hybridized carbons (Fsp3) is 0.583. The van der Waals surface area contributed by atoms with Crippen LogP contribution in [0.5, 0.6) is 0 Å². The lowest BCUT2D eigenvalue weighted by atomic mass is 9.93. The van der Waals surface area contributed by atoms with Crippen molar-refractivity contribution in [1.82, 2.24) is 4.31 Å². The van der Waals surface area contributed by atoms with Gasteiger partial charge in [-0.15, -0.1) is 0 Å². The summed E-state index contributed by atoms with van der Waals surface area (Å²) >= 11 is 0. The second kappa shape index (κ2) is 5.94. The molecule has 0 unspecified atom stereocenters. The molecule has 0 bridgehead atoms. The molecule has 2 rings (SSSR count). The summed E-state index contributed by atoms with van der Waals surface area (Å²) in [7, 11) is -3.85. The number of carboxylic acid groups (broad SMARTS) is 1. The van der Waals surface area contributed by atoms with Gasteiger partial charge in [0.15, 0.2) is 0 Å². The first-order valence-electron chi connectivity index (χ1n) is 6.42. The van der Waals surface area contributed by atoms with Gasteiger partial charge in [0.05, 0.1) is 0 Å². The van der Waals surface area contributed by atoms with E-state index in [1.165, 1.54) is 4.31 Å². The summed E-state index contributed by atoms with van der Waals surface area (Å²) < 4.78 is 31.1. The third-order valence-electron chi connectivity index (χ3n) is 3.37. The summed E-state index contributed by atoms with van der Waals surface area (Å²) in [6.45, 7) is 0.101. The van der Waals surface area contributed by atoms with Crippen molar-refractivity contribution in [3.63, 3.8) is 0 Å². The maximum Gasteiger partial charge on any atom is 0.371 e. The summed E-state index contributed by atoms with van der Waals surface area (Å²) in [6.07, 6.45) is 2.85. The molecule has 1 aromatic rings. The van der Waals surface area contributed by atoms with Gasteiger partial charge in [0.2, 0.25) is 10.9 Å². The van der Waals surface area contributed by atoms with Crippen LogP contribution in [-0.4, -0.2) is 48.1 Å². The van der Waals surface area contributed by atoms with Crippen LogP contribution in [0.25, 0.3) is 0 Å². The van der Waals surface area contributed by atoms with Crippen molar-refractivity contribution in [2.75, 3.05) is 13.2 Å². The van der Waals surface area contributed by atoms with Crippen LogP contribution in [0.4, 0.5) is 0 Å². The largest absolute Gasteiger partial charge is 0.475 e. The highest BCUT2D eigenvalue weighted by atomic mass is 32.2. The summed E-state index contributed by atoms with van der Waals surface area (Å²) in [5.41, 5.74) is 0. The Hall–Kier alpha value is -1.38. The van der Waals surface area contributed by atoms with Crippen LogP contribution >= 0.6 is 0 Å². The number of furan rings is 1. The number of aliphatic hydroxyl groups excluding tert-OH is 1. The first-order chi connectivity index (χ1) is 9.46. The van der Waals surface area contributed by atoms with Crippen LogP contribution in [0.3, 0.4) is 0 Å². The van der Waals surface area contributed by atoms with Gasteiger partial charge in [-0.05, 0) is 31.4 Å². The number of hydrogen-bond donors (Lipinski definition) is 2. The Morgan fingerprint density at radius 2 is 2.10 bits per heavy atom. The van der Waals surface area contributed by atoms with E-state index in [4.69, 9.17) is 14.6 Å². The van der Waals surface area contributed by atoms with Crippen molar-refractivity contribution in [3.05, 3.63) is 17.9 Å². The molecule has 0 spiro atoms.